The third-order valence-corrected chi connectivity index (χ3v) is 1.71. The summed E-state index contributed by atoms with van der Waals surface area (Å²) in [5.74, 6) is 5.78. The first-order valence-corrected chi connectivity index (χ1v) is 4.46. The Bertz CT molecular complexity index is 449. The summed E-state index contributed by atoms with van der Waals surface area (Å²) >= 11 is 0. The zero-order chi connectivity index (χ0) is 11.1. The fraction of sp³-hybridized carbons (Fsp3) is 0.300. The van der Waals surface area contributed by atoms with Crippen molar-refractivity contribution < 1.29 is 0 Å². The molecular formula is C10H11N5. The number of aryl methyl sites for hydroxylation is 1. The van der Waals surface area contributed by atoms with Gasteiger partial charge in [0.1, 0.15) is 5.69 Å². The lowest BCUT2D eigenvalue weighted by Gasteiger charge is -1.97. The molecule has 5 heteroatoms. The third kappa shape index (κ3) is 3.59. The maximum Gasteiger partial charge on any atom is 0.116 e. The Hall–Kier alpha value is -2.18. The predicted molar refractivity (Wildman–Crippen MR) is 58.9 cm³/mol. The van der Waals surface area contributed by atoms with Gasteiger partial charge in [-0.2, -0.15) is 0 Å². The summed E-state index contributed by atoms with van der Waals surface area (Å²) in [4.78, 5) is 6.73. The molecule has 0 amide bonds. The van der Waals surface area contributed by atoms with Gasteiger partial charge in [0.05, 0.1) is 11.9 Å². The van der Waals surface area contributed by atoms with Crippen LogP contribution in [0.25, 0.3) is 10.4 Å². The van der Waals surface area contributed by atoms with Gasteiger partial charge in [-0.15, -0.1) is 0 Å². The molecular weight excluding hydrogens is 190 g/mol. The Morgan fingerprint density at radius 1 is 1.67 bits per heavy atom. The van der Waals surface area contributed by atoms with E-state index in [0.29, 0.717) is 24.3 Å². The SMILES string of the molecule is Cc1cc(N)cnc1C#CCCN=[N+]=[N-]. The van der Waals surface area contributed by atoms with E-state index >= 15 is 0 Å². The number of nitrogens with two attached hydrogens (primary N) is 1. The number of pyridine rings is 1. The van der Waals surface area contributed by atoms with Crippen molar-refractivity contribution in [2.45, 2.75) is 13.3 Å². The molecule has 15 heavy (non-hydrogen) atoms. The maximum atomic E-state index is 8.04. The quantitative estimate of drug-likeness (QED) is 0.261. The Morgan fingerprint density at radius 2 is 2.47 bits per heavy atom. The van der Waals surface area contributed by atoms with Crippen LogP contribution in [0.3, 0.4) is 0 Å². The van der Waals surface area contributed by atoms with E-state index in [1.165, 1.54) is 0 Å². The highest BCUT2D eigenvalue weighted by molar-refractivity contribution is 5.44. The number of hydrogen-bond donors (Lipinski definition) is 1. The zero-order valence-electron chi connectivity index (χ0n) is 8.44. The van der Waals surface area contributed by atoms with Gasteiger partial charge in [-0.3, -0.25) is 0 Å². The molecule has 0 bridgehead atoms. The Kier molecular flexibility index (Phi) is 4.02. The molecule has 0 saturated heterocycles. The second-order valence-electron chi connectivity index (χ2n) is 2.94. The Morgan fingerprint density at radius 3 is 3.13 bits per heavy atom. The normalized spacial score (nSPS) is 8.60. The van der Waals surface area contributed by atoms with Crippen molar-refractivity contribution in [2.75, 3.05) is 12.3 Å². The number of rotatable bonds is 2. The minimum Gasteiger partial charge on any atom is -0.397 e. The van der Waals surface area contributed by atoms with E-state index in [9.17, 15) is 0 Å². The molecule has 0 unspecified atom stereocenters. The van der Waals surface area contributed by atoms with Crippen LogP contribution in [0.15, 0.2) is 17.4 Å². The highest BCUT2D eigenvalue weighted by Gasteiger charge is 1.95. The molecule has 0 aliphatic carbocycles. The van der Waals surface area contributed by atoms with E-state index in [-0.39, 0.29) is 0 Å². The fourth-order valence-electron chi connectivity index (χ4n) is 1.02. The van der Waals surface area contributed by atoms with Gasteiger partial charge in [-0.25, -0.2) is 4.98 Å². The summed E-state index contributed by atoms with van der Waals surface area (Å²) < 4.78 is 0. The molecule has 0 aliphatic rings. The molecule has 1 rings (SSSR count). The standard InChI is InChI=1S/C10H11N5/c1-8-6-9(11)7-13-10(8)4-2-3-5-14-15-12/h6-7H,3,5,11H2,1H3. The van der Waals surface area contributed by atoms with Crippen molar-refractivity contribution in [2.24, 2.45) is 5.11 Å². The first kappa shape index (κ1) is 10.9. The molecule has 1 aromatic rings. The van der Waals surface area contributed by atoms with Gasteiger partial charge in [0, 0.05) is 17.9 Å². The van der Waals surface area contributed by atoms with Crippen molar-refractivity contribution >= 4 is 5.69 Å². The maximum absolute atomic E-state index is 8.04. The largest absolute Gasteiger partial charge is 0.397 e. The topological polar surface area (TPSA) is 87.7 Å². The van der Waals surface area contributed by atoms with Crippen LogP contribution < -0.4 is 5.73 Å². The van der Waals surface area contributed by atoms with Crippen LogP contribution in [0.5, 0.6) is 0 Å². The van der Waals surface area contributed by atoms with Crippen LogP contribution >= 0.6 is 0 Å². The van der Waals surface area contributed by atoms with Gasteiger partial charge in [-0.1, -0.05) is 11.0 Å². The van der Waals surface area contributed by atoms with Gasteiger partial charge < -0.3 is 5.73 Å². The van der Waals surface area contributed by atoms with E-state index in [1.54, 1.807) is 6.20 Å². The minimum absolute atomic E-state index is 0.386. The number of hydrogen-bond acceptors (Lipinski definition) is 3. The molecule has 0 radical (unpaired) electrons. The lowest BCUT2D eigenvalue weighted by Crippen LogP contribution is -1.92. The van der Waals surface area contributed by atoms with Gasteiger partial charge in [0.25, 0.3) is 0 Å². The van der Waals surface area contributed by atoms with Gasteiger partial charge in [0.15, 0.2) is 0 Å². The summed E-state index contributed by atoms with van der Waals surface area (Å²) in [5.41, 5.74) is 15.9. The van der Waals surface area contributed by atoms with Crippen molar-refractivity contribution in [3.05, 3.63) is 34.0 Å². The van der Waals surface area contributed by atoms with Gasteiger partial charge in [-0.05, 0) is 30.0 Å². The molecule has 0 saturated carbocycles. The zero-order valence-corrected chi connectivity index (χ0v) is 8.44. The van der Waals surface area contributed by atoms with Crippen molar-refractivity contribution in [3.8, 4) is 11.8 Å². The smallest absolute Gasteiger partial charge is 0.116 e. The molecule has 0 spiro atoms. The first-order chi connectivity index (χ1) is 7.24. The van der Waals surface area contributed by atoms with Crippen LogP contribution in [-0.2, 0) is 0 Å². The van der Waals surface area contributed by atoms with Crippen molar-refractivity contribution in [1.29, 1.82) is 0 Å². The second-order valence-corrected chi connectivity index (χ2v) is 2.94. The van der Waals surface area contributed by atoms with Crippen LogP contribution in [0, 0.1) is 18.8 Å². The van der Waals surface area contributed by atoms with Crippen LogP contribution in [0.1, 0.15) is 17.7 Å². The molecule has 0 aromatic carbocycles. The third-order valence-electron chi connectivity index (χ3n) is 1.71. The van der Waals surface area contributed by atoms with E-state index in [0.717, 1.165) is 5.56 Å². The van der Waals surface area contributed by atoms with Crippen LogP contribution in [0.2, 0.25) is 0 Å². The molecule has 0 aliphatic heterocycles. The minimum atomic E-state index is 0.386. The number of anilines is 1. The van der Waals surface area contributed by atoms with Crippen molar-refractivity contribution in [1.82, 2.24) is 4.98 Å². The van der Waals surface area contributed by atoms with Gasteiger partial charge in [0.2, 0.25) is 0 Å². The summed E-state index contributed by atoms with van der Waals surface area (Å²) in [6.45, 7) is 2.29. The number of nitrogen functional groups attached to an aromatic ring is 1. The molecule has 0 atom stereocenters. The highest BCUT2D eigenvalue weighted by atomic mass is 15.1. The van der Waals surface area contributed by atoms with Crippen LogP contribution in [-0.4, -0.2) is 11.5 Å². The van der Waals surface area contributed by atoms with Crippen LogP contribution in [0.4, 0.5) is 5.69 Å². The highest BCUT2D eigenvalue weighted by Crippen LogP contribution is 2.07. The van der Waals surface area contributed by atoms with E-state index in [1.807, 2.05) is 13.0 Å². The lowest BCUT2D eigenvalue weighted by molar-refractivity contribution is 1.01. The number of aromatic nitrogens is 1. The molecule has 1 aromatic heterocycles. The summed E-state index contributed by atoms with van der Waals surface area (Å²) in [6.07, 6.45) is 2.11. The van der Waals surface area contributed by atoms with E-state index < -0.39 is 0 Å². The average Bonchev–Trinajstić information content (AvgIpc) is 2.20. The average molecular weight is 201 g/mol. The lowest BCUT2D eigenvalue weighted by atomic mass is 10.2. The molecule has 76 valence electrons. The number of nitrogens with zero attached hydrogens (tertiary/aromatic N) is 4. The fourth-order valence-corrected chi connectivity index (χ4v) is 1.02. The second kappa shape index (κ2) is 5.53. The Labute approximate surface area is 87.9 Å². The first-order valence-electron chi connectivity index (χ1n) is 4.46. The summed E-state index contributed by atoms with van der Waals surface area (Å²) in [5, 5.41) is 3.38. The summed E-state index contributed by atoms with van der Waals surface area (Å²) in [6, 6.07) is 1.82. The monoisotopic (exact) mass is 201 g/mol. The van der Waals surface area contributed by atoms with Crippen molar-refractivity contribution in [3.63, 3.8) is 0 Å². The van der Waals surface area contributed by atoms with E-state index in [4.69, 9.17) is 11.3 Å². The number of azide groups is 1. The molecule has 5 nitrogen and oxygen atoms in total. The molecule has 2 N–H and O–H groups in total. The molecule has 1 heterocycles. The van der Waals surface area contributed by atoms with E-state index in [2.05, 4.69) is 26.9 Å². The predicted octanol–water partition coefficient (Wildman–Crippen LogP) is 2.02. The Balaban J connectivity index is 2.67. The summed E-state index contributed by atoms with van der Waals surface area (Å²) in [7, 11) is 0. The van der Waals surface area contributed by atoms with Gasteiger partial charge >= 0.3 is 0 Å². The molecule has 0 fully saturated rings.